The number of carbonyl (C=O) groups is 1. The molecule has 86 valence electrons. The molecule has 0 aromatic heterocycles. The summed E-state index contributed by atoms with van der Waals surface area (Å²) in [5, 5.41) is 11.9. The first-order chi connectivity index (χ1) is 7.60. The number of rotatable bonds is 3. The maximum absolute atomic E-state index is 12.1. The van der Waals surface area contributed by atoms with E-state index in [2.05, 4.69) is 5.32 Å². The van der Waals surface area contributed by atoms with Crippen LogP contribution in [0.1, 0.15) is 25.8 Å². The van der Waals surface area contributed by atoms with Crippen LogP contribution in [0.3, 0.4) is 0 Å². The number of aliphatic hydroxyl groups is 1. The number of hydrogen-bond donors (Lipinski definition) is 2. The lowest BCUT2D eigenvalue weighted by Crippen LogP contribution is -2.38. The van der Waals surface area contributed by atoms with Crippen LogP contribution >= 0.6 is 0 Å². The summed E-state index contributed by atoms with van der Waals surface area (Å²) in [5.41, 5.74) is 1.43. The Hall–Kier alpha value is -1.35. The van der Waals surface area contributed by atoms with Crippen molar-refractivity contribution in [3.05, 3.63) is 29.8 Å². The SMILES string of the molecule is CC(CCO)C1(C)C(=O)Nc2ccccc21. The van der Waals surface area contributed by atoms with Gasteiger partial charge in [0.2, 0.25) is 5.91 Å². The fourth-order valence-electron chi connectivity index (χ4n) is 2.39. The third-order valence-corrected chi connectivity index (χ3v) is 3.75. The Labute approximate surface area is 95.5 Å². The van der Waals surface area contributed by atoms with Crippen molar-refractivity contribution < 1.29 is 9.90 Å². The average Bonchev–Trinajstić information content (AvgIpc) is 2.53. The molecule has 1 aromatic carbocycles. The van der Waals surface area contributed by atoms with Crippen molar-refractivity contribution >= 4 is 11.6 Å². The fraction of sp³-hybridized carbons (Fsp3) is 0.462. The van der Waals surface area contributed by atoms with E-state index in [1.807, 2.05) is 38.1 Å². The van der Waals surface area contributed by atoms with Crippen molar-refractivity contribution in [3.8, 4) is 0 Å². The van der Waals surface area contributed by atoms with E-state index in [0.29, 0.717) is 6.42 Å². The largest absolute Gasteiger partial charge is 0.396 e. The Morgan fingerprint density at radius 3 is 2.81 bits per heavy atom. The van der Waals surface area contributed by atoms with E-state index in [9.17, 15) is 4.79 Å². The van der Waals surface area contributed by atoms with Gasteiger partial charge in [-0.3, -0.25) is 4.79 Å². The molecule has 0 aliphatic carbocycles. The second kappa shape index (κ2) is 3.91. The van der Waals surface area contributed by atoms with Crippen LogP contribution < -0.4 is 5.32 Å². The second-order valence-electron chi connectivity index (χ2n) is 4.62. The van der Waals surface area contributed by atoms with E-state index in [-0.39, 0.29) is 18.4 Å². The molecule has 1 amide bonds. The normalized spacial score (nSPS) is 25.1. The van der Waals surface area contributed by atoms with Crippen LogP contribution in [0.15, 0.2) is 24.3 Å². The number of amides is 1. The van der Waals surface area contributed by atoms with Crippen molar-refractivity contribution in [1.82, 2.24) is 0 Å². The number of anilines is 1. The molecule has 0 radical (unpaired) electrons. The van der Waals surface area contributed by atoms with E-state index >= 15 is 0 Å². The molecule has 1 aliphatic rings. The quantitative estimate of drug-likeness (QED) is 0.816. The first-order valence-electron chi connectivity index (χ1n) is 5.62. The minimum atomic E-state index is -0.515. The molecular formula is C13H17NO2. The number of fused-ring (bicyclic) bond motifs is 1. The van der Waals surface area contributed by atoms with Crippen LogP contribution in [-0.4, -0.2) is 17.6 Å². The Morgan fingerprint density at radius 2 is 2.12 bits per heavy atom. The minimum absolute atomic E-state index is 0.0367. The van der Waals surface area contributed by atoms with Crippen LogP contribution in [0.2, 0.25) is 0 Å². The molecule has 3 nitrogen and oxygen atoms in total. The molecule has 0 fully saturated rings. The Morgan fingerprint density at radius 1 is 1.44 bits per heavy atom. The highest BCUT2D eigenvalue weighted by Gasteiger charge is 2.46. The summed E-state index contributed by atoms with van der Waals surface area (Å²) < 4.78 is 0. The van der Waals surface area contributed by atoms with Crippen LogP contribution in [0.4, 0.5) is 5.69 Å². The number of aliphatic hydroxyl groups excluding tert-OH is 1. The summed E-state index contributed by atoms with van der Waals surface area (Å²) >= 11 is 0. The van der Waals surface area contributed by atoms with Gasteiger partial charge in [-0.05, 0) is 30.9 Å². The van der Waals surface area contributed by atoms with Gasteiger partial charge in [0.15, 0.2) is 0 Å². The van der Waals surface area contributed by atoms with Gasteiger partial charge in [-0.15, -0.1) is 0 Å². The molecule has 1 heterocycles. The lowest BCUT2D eigenvalue weighted by atomic mass is 9.72. The number of para-hydroxylation sites is 1. The molecule has 0 bridgehead atoms. The third-order valence-electron chi connectivity index (χ3n) is 3.75. The molecule has 2 rings (SSSR count). The first kappa shape index (κ1) is 11.1. The van der Waals surface area contributed by atoms with Crippen LogP contribution in [0.5, 0.6) is 0 Å². The monoisotopic (exact) mass is 219 g/mol. The molecule has 2 N–H and O–H groups in total. The molecule has 2 unspecified atom stereocenters. The lowest BCUT2D eigenvalue weighted by molar-refractivity contribution is -0.122. The highest BCUT2D eigenvalue weighted by Crippen LogP contribution is 2.43. The number of benzene rings is 1. The van der Waals surface area contributed by atoms with Gasteiger partial charge < -0.3 is 10.4 Å². The lowest BCUT2D eigenvalue weighted by Gasteiger charge is -2.29. The van der Waals surface area contributed by atoms with Gasteiger partial charge >= 0.3 is 0 Å². The average molecular weight is 219 g/mol. The van der Waals surface area contributed by atoms with E-state index in [1.165, 1.54) is 0 Å². The fourth-order valence-corrected chi connectivity index (χ4v) is 2.39. The maximum atomic E-state index is 12.1. The highest BCUT2D eigenvalue weighted by molar-refractivity contribution is 6.06. The van der Waals surface area contributed by atoms with Gasteiger partial charge in [-0.1, -0.05) is 25.1 Å². The van der Waals surface area contributed by atoms with Crippen molar-refractivity contribution in [2.75, 3.05) is 11.9 Å². The van der Waals surface area contributed by atoms with Gasteiger partial charge in [-0.2, -0.15) is 0 Å². The molecule has 1 aliphatic heterocycles. The minimum Gasteiger partial charge on any atom is -0.396 e. The topological polar surface area (TPSA) is 49.3 Å². The van der Waals surface area contributed by atoms with Crippen molar-refractivity contribution in [1.29, 1.82) is 0 Å². The second-order valence-corrected chi connectivity index (χ2v) is 4.62. The Kier molecular flexibility index (Phi) is 2.72. The van der Waals surface area contributed by atoms with Gasteiger partial charge in [-0.25, -0.2) is 0 Å². The van der Waals surface area contributed by atoms with E-state index in [0.717, 1.165) is 11.3 Å². The first-order valence-corrected chi connectivity index (χ1v) is 5.62. The standard InChI is InChI=1S/C13H17NO2/c1-9(7-8-15)13(2)10-5-3-4-6-11(10)14-12(13)16/h3-6,9,15H,7-8H2,1-2H3,(H,14,16). The molecule has 1 aromatic rings. The van der Waals surface area contributed by atoms with Crippen molar-refractivity contribution in [2.24, 2.45) is 5.92 Å². The zero-order chi connectivity index (χ0) is 11.8. The maximum Gasteiger partial charge on any atom is 0.235 e. The molecule has 2 atom stereocenters. The Balaban J connectivity index is 2.44. The molecule has 0 saturated heterocycles. The predicted molar refractivity (Wildman–Crippen MR) is 63.3 cm³/mol. The van der Waals surface area contributed by atoms with Gasteiger partial charge in [0.1, 0.15) is 0 Å². The van der Waals surface area contributed by atoms with Gasteiger partial charge in [0, 0.05) is 12.3 Å². The van der Waals surface area contributed by atoms with E-state index in [4.69, 9.17) is 5.11 Å². The molecular weight excluding hydrogens is 202 g/mol. The smallest absolute Gasteiger partial charge is 0.235 e. The summed E-state index contributed by atoms with van der Waals surface area (Å²) in [6, 6.07) is 7.77. The van der Waals surface area contributed by atoms with Crippen molar-refractivity contribution in [2.45, 2.75) is 25.7 Å². The highest BCUT2D eigenvalue weighted by atomic mass is 16.3. The van der Waals surface area contributed by atoms with Crippen LogP contribution in [0, 0.1) is 5.92 Å². The zero-order valence-corrected chi connectivity index (χ0v) is 9.66. The van der Waals surface area contributed by atoms with Gasteiger partial charge in [0.25, 0.3) is 0 Å². The predicted octanol–water partition coefficient (Wildman–Crippen LogP) is 1.91. The Bertz CT molecular complexity index is 416. The molecule has 0 saturated carbocycles. The third kappa shape index (κ3) is 1.43. The zero-order valence-electron chi connectivity index (χ0n) is 9.66. The molecule has 0 spiro atoms. The van der Waals surface area contributed by atoms with E-state index < -0.39 is 5.41 Å². The summed E-state index contributed by atoms with van der Waals surface area (Å²) in [6.07, 6.45) is 0.637. The molecule has 16 heavy (non-hydrogen) atoms. The molecule has 3 heteroatoms. The number of carbonyl (C=O) groups excluding carboxylic acids is 1. The number of nitrogens with one attached hydrogen (secondary N) is 1. The number of hydrogen-bond acceptors (Lipinski definition) is 2. The van der Waals surface area contributed by atoms with E-state index in [1.54, 1.807) is 0 Å². The van der Waals surface area contributed by atoms with Crippen molar-refractivity contribution in [3.63, 3.8) is 0 Å². The summed E-state index contributed by atoms with van der Waals surface area (Å²) in [5.74, 6) is 0.163. The summed E-state index contributed by atoms with van der Waals surface area (Å²) in [6.45, 7) is 4.08. The van der Waals surface area contributed by atoms with Crippen LogP contribution in [-0.2, 0) is 10.2 Å². The summed E-state index contributed by atoms with van der Waals surface area (Å²) in [7, 11) is 0. The van der Waals surface area contributed by atoms with Crippen LogP contribution in [0.25, 0.3) is 0 Å². The summed E-state index contributed by atoms with van der Waals surface area (Å²) in [4.78, 5) is 12.1. The van der Waals surface area contributed by atoms with Gasteiger partial charge in [0.05, 0.1) is 5.41 Å².